The number of imide groups is 1. The van der Waals surface area contributed by atoms with Crippen LogP contribution in [0.15, 0.2) is 60.7 Å². The summed E-state index contributed by atoms with van der Waals surface area (Å²) < 4.78 is 5.56. The van der Waals surface area contributed by atoms with E-state index in [4.69, 9.17) is 16.3 Å². The molecule has 1 saturated heterocycles. The summed E-state index contributed by atoms with van der Waals surface area (Å²) in [7, 11) is 0. The molecular weight excluding hydrogens is 458 g/mol. The third-order valence-electron chi connectivity index (χ3n) is 5.52. The molecule has 0 aliphatic carbocycles. The number of ether oxygens (including phenoxy) is 1. The van der Waals surface area contributed by atoms with Crippen LogP contribution in [0.4, 0.5) is 5.69 Å². The molecule has 174 valence electrons. The molecule has 0 aromatic heterocycles. The van der Waals surface area contributed by atoms with Crippen LogP contribution in [-0.4, -0.2) is 41.3 Å². The van der Waals surface area contributed by atoms with E-state index in [-0.39, 0.29) is 13.0 Å². The average molecular weight is 480 g/mol. The Balaban J connectivity index is 1.45. The number of benzene rings is 3. The first kappa shape index (κ1) is 23.3. The van der Waals surface area contributed by atoms with Crippen molar-refractivity contribution in [3.8, 4) is 5.75 Å². The predicted octanol–water partition coefficient (Wildman–Crippen LogP) is 3.39. The lowest BCUT2D eigenvalue weighted by atomic mass is 10.1. The van der Waals surface area contributed by atoms with Gasteiger partial charge >= 0.3 is 0 Å². The molecule has 3 aromatic rings. The van der Waals surface area contributed by atoms with Crippen LogP contribution in [0.2, 0.25) is 5.02 Å². The van der Waals surface area contributed by atoms with E-state index in [1.54, 1.807) is 31.2 Å². The molecule has 4 amide bonds. The highest BCUT2D eigenvalue weighted by Gasteiger charge is 2.45. The van der Waals surface area contributed by atoms with E-state index in [2.05, 4.69) is 5.43 Å². The van der Waals surface area contributed by atoms with Gasteiger partial charge in [-0.15, -0.1) is 0 Å². The quantitative estimate of drug-likeness (QED) is 0.447. The van der Waals surface area contributed by atoms with E-state index in [1.807, 2.05) is 30.3 Å². The van der Waals surface area contributed by atoms with Crippen molar-refractivity contribution in [2.24, 2.45) is 0 Å². The van der Waals surface area contributed by atoms with Crippen molar-refractivity contribution in [1.82, 2.24) is 10.4 Å². The maximum Gasteiger partial charge on any atom is 0.276 e. The number of nitrogens with zero attached hydrogens (tertiary/aromatic N) is 2. The number of anilines is 1. The number of rotatable bonds is 5. The maximum absolute atomic E-state index is 13.1. The van der Waals surface area contributed by atoms with Gasteiger partial charge < -0.3 is 4.74 Å². The summed E-state index contributed by atoms with van der Waals surface area (Å²) in [5, 5.41) is 3.24. The SMILES string of the molecule is CC(=O)N(NC(=O)COc1ccc2ccccc2c1)C1CC(=O)N(c2cc(Cl)ccc2C)C1=O. The van der Waals surface area contributed by atoms with Gasteiger partial charge in [0, 0.05) is 11.9 Å². The van der Waals surface area contributed by atoms with Gasteiger partial charge in [-0.25, -0.2) is 9.91 Å². The second-order valence-corrected chi connectivity index (χ2v) is 8.38. The number of hydrazine groups is 1. The van der Waals surface area contributed by atoms with E-state index in [9.17, 15) is 19.2 Å². The molecule has 1 aliphatic heterocycles. The number of carbonyl (C=O) groups excluding carboxylic acids is 4. The zero-order valence-electron chi connectivity index (χ0n) is 18.6. The number of hydrogen-bond acceptors (Lipinski definition) is 5. The molecule has 1 fully saturated rings. The van der Waals surface area contributed by atoms with Gasteiger partial charge in [-0.2, -0.15) is 0 Å². The Labute approximate surface area is 201 Å². The average Bonchev–Trinajstić information content (AvgIpc) is 3.10. The zero-order chi connectivity index (χ0) is 24.4. The number of nitrogens with one attached hydrogen (secondary N) is 1. The van der Waals surface area contributed by atoms with Crippen molar-refractivity contribution in [1.29, 1.82) is 0 Å². The lowest BCUT2D eigenvalue weighted by Gasteiger charge is -2.26. The first-order valence-corrected chi connectivity index (χ1v) is 11.0. The third kappa shape index (κ3) is 4.72. The predicted molar refractivity (Wildman–Crippen MR) is 127 cm³/mol. The molecule has 0 spiro atoms. The van der Waals surface area contributed by atoms with Crippen molar-refractivity contribution >= 4 is 51.7 Å². The van der Waals surface area contributed by atoms with Gasteiger partial charge in [0.15, 0.2) is 6.61 Å². The smallest absolute Gasteiger partial charge is 0.276 e. The summed E-state index contributed by atoms with van der Waals surface area (Å²) in [5.74, 6) is -1.86. The Kier molecular flexibility index (Phi) is 6.51. The highest BCUT2D eigenvalue weighted by atomic mass is 35.5. The molecule has 1 unspecified atom stereocenters. The van der Waals surface area contributed by atoms with E-state index >= 15 is 0 Å². The molecule has 4 rings (SSSR count). The topological polar surface area (TPSA) is 96.0 Å². The van der Waals surface area contributed by atoms with Gasteiger partial charge in [0.05, 0.1) is 12.1 Å². The fourth-order valence-corrected chi connectivity index (χ4v) is 4.01. The van der Waals surface area contributed by atoms with E-state index < -0.39 is 29.7 Å². The normalized spacial score (nSPS) is 15.5. The maximum atomic E-state index is 13.1. The molecule has 1 heterocycles. The number of carbonyl (C=O) groups is 4. The lowest BCUT2D eigenvalue weighted by molar-refractivity contribution is -0.146. The summed E-state index contributed by atoms with van der Waals surface area (Å²) in [5.41, 5.74) is 3.43. The van der Waals surface area contributed by atoms with Crippen molar-refractivity contribution in [2.45, 2.75) is 26.3 Å². The van der Waals surface area contributed by atoms with Gasteiger partial charge in [-0.05, 0) is 47.5 Å². The van der Waals surface area contributed by atoms with Gasteiger partial charge in [0.1, 0.15) is 11.8 Å². The molecule has 1 atom stereocenters. The van der Waals surface area contributed by atoms with Crippen LogP contribution in [0.5, 0.6) is 5.75 Å². The molecule has 3 aromatic carbocycles. The molecule has 1 N–H and O–H groups in total. The van der Waals surface area contributed by atoms with Gasteiger partial charge in [-0.3, -0.25) is 24.6 Å². The highest BCUT2D eigenvalue weighted by Crippen LogP contribution is 2.30. The van der Waals surface area contributed by atoms with Crippen molar-refractivity contribution in [2.75, 3.05) is 11.5 Å². The third-order valence-corrected chi connectivity index (χ3v) is 5.76. The Morgan fingerprint density at radius 1 is 1.09 bits per heavy atom. The van der Waals surface area contributed by atoms with Crippen molar-refractivity contribution < 1.29 is 23.9 Å². The lowest BCUT2D eigenvalue weighted by Crippen LogP contribution is -2.55. The summed E-state index contributed by atoms with van der Waals surface area (Å²) in [4.78, 5) is 51.6. The molecule has 0 radical (unpaired) electrons. The second kappa shape index (κ2) is 9.52. The van der Waals surface area contributed by atoms with Crippen LogP contribution >= 0.6 is 11.6 Å². The highest BCUT2D eigenvalue weighted by molar-refractivity contribution is 6.31. The summed E-state index contributed by atoms with van der Waals surface area (Å²) in [6, 6.07) is 16.8. The largest absolute Gasteiger partial charge is 0.484 e. The van der Waals surface area contributed by atoms with Crippen LogP contribution in [0.1, 0.15) is 18.9 Å². The number of aryl methyl sites for hydroxylation is 1. The van der Waals surface area contributed by atoms with Crippen LogP contribution in [0.3, 0.4) is 0 Å². The van der Waals surface area contributed by atoms with Gasteiger partial charge in [0.25, 0.3) is 11.8 Å². The monoisotopic (exact) mass is 479 g/mol. The van der Waals surface area contributed by atoms with Gasteiger partial charge in [0.2, 0.25) is 11.8 Å². The fourth-order valence-electron chi connectivity index (χ4n) is 3.84. The molecule has 0 bridgehead atoms. The summed E-state index contributed by atoms with van der Waals surface area (Å²) >= 11 is 6.04. The minimum Gasteiger partial charge on any atom is -0.484 e. The molecule has 0 saturated carbocycles. The number of hydrogen-bond donors (Lipinski definition) is 1. The van der Waals surface area contributed by atoms with E-state index in [0.29, 0.717) is 22.0 Å². The van der Waals surface area contributed by atoms with Crippen LogP contribution in [-0.2, 0) is 19.2 Å². The Morgan fingerprint density at radius 3 is 2.56 bits per heavy atom. The van der Waals surface area contributed by atoms with E-state index in [1.165, 1.54) is 13.0 Å². The summed E-state index contributed by atoms with van der Waals surface area (Å²) in [6.45, 7) is 2.57. The zero-order valence-corrected chi connectivity index (χ0v) is 19.3. The minimum atomic E-state index is -1.17. The van der Waals surface area contributed by atoms with Crippen LogP contribution < -0.4 is 15.1 Å². The molecule has 8 nitrogen and oxygen atoms in total. The number of fused-ring (bicyclic) bond motifs is 1. The number of halogens is 1. The Bertz CT molecular complexity index is 1310. The molecule has 9 heteroatoms. The number of amides is 4. The first-order chi connectivity index (χ1) is 16.2. The minimum absolute atomic E-state index is 0.268. The summed E-state index contributed by atoms with van der Waals surface area (Å²) in [6.07, 6.45) is -0.268. The second-order valence-electron chi connectivity index (χ2n) is 7.94. The van der Waals surface area contributed by atoms with Crippen LogP contribution in [0, 0.1) is 6.92 Å². The Morgan fingerprint density at radius 2 is 1.82 bits per heavy atom. The molecule has 34 heavy (non-hydrogen) atoms. The molecule has 1 aliphatic rings. The van der Waals surface area contributed by atoms with Crippen LogP contribution in [0.25, 0.3) is 10.8 Å². The molecular formula is C25H22ClN3O5. The first-order valence-electron chi connectivity index (χ1n) is 10.6. The Hall–Kier alpha value is -3.91. The van der Waals surface area contributed by atoms with E-state index in [0.717, 1.165) is 20.7 Å². The fraction of sp³-hybridized carbons (Fsp3) is 0.200. The standard InChI is InChI=1S/C25H22ClN3O5/c1-15-7-9-19(26)12-21(15)28-24(32)13-22(25(28)33)29(16(2)30)27-23(31)14-34-20-10-8-17-5-3-4-6-18(17)11-20/h3-12,22H,13-14H2,1-2H3,(H,27,31). The van der Waals surface area contributed by atoms with Gasteiger partial charge in [-0.1, -0.05) is 48.0 Å². The van der Waals surface area contributed by atoms with Crippen molar-refractivity contribution in [3.63, 3.8) is 0 Å². The van der Waals surface area contributed by atoms with Crippen molar-refractivity contribution in [3.05, 3.63) is 71.2 Å².